The molecule has 1 aromatic rings. The van der Waals surface area contributed by atoms with Gasteiger partial charge in [-0.15, -0.1) is 11.3 Å². The molecule has 0 saturated carbocycles. The van der Waals surface area contributed by atoms with Gasteiger partial charge in [0.05, 0.1) is 3.79 Å². The highest BCUT2D eigenvalue weighted by Crippen LogP contribution is 2.32. The van der Waals surface area contributed by atoms with Crippen LogP contribution in [0, 0.1) is 6.92 Å². The highest BCUT2D eigenvalue weighted by molar-refractivity contribution is 9.11. The predicted molar refractivity (Wildman–Crippen MR) is 67.7 cm³/mol. The average Bonchev–Trinajstić information content (AvgIpc) is 2.47. The van der Waals surface area contributed by atoms with Crippen molar-refractivity contribution in [3.05, 3.63) is 32.4 Å². The van der Waals surface area contributed by atoms with Crippen molar-refractivity contribution in [2.24, 2.45) is 5.73 Å². The van der Waals surface area contributed by atoms with Crippen molar-refractivity contribution in [2.75, 3.05) is 0 Å². The molecular formula is C11H16BrNS. The second-order valence-corrected chi connectivity index (χ2v) is 5.92. The first-order chi connectivity index (χ1) is 6.54. The van der Waals surface area contributed by atoms with E-state index >= 15 is 0 Å². The number of nitrogens with two attached hydrogens (primary N) is 1. The third-order valence-electron chi connectivity index (χ3n) is 2.25. The van der Waals surface area contributed by atoms with Gasteiger partial charge in [0.2, 0.25) is 0 Å². The molecule has 0 radical (unpaired) electrons. The number of hydrogen-bond donors (Lipinski definition) is 1. The van der Waals surface area contributed by atoms with Crippen LogP contribution in [0.3, 0.4) is 0 Å². The Morgan fingerprint density at radius 2 is 2.36 bits per heavy atom. The zero-order valence-electron chi connectivity index (χ0n) is 8.64. The van der Waals surface area contributed by atoms with E-state index in [0.717, 1.165) is 12.8 Å². The minimum absolute atomic E-state index is 0.109. The van der Waals surface area contributed by atoms with Gasteiger partial charge in [-0.25, -0.2) is 0 Å². The van der Waals surface area contributed by atoms with Crippen molar-refractivity contribution in [1.29, 1.82) is 0 Å². The zero-order valence-corrected chi connectivity index (χ0v) is 11.0. The molecule has 3 heteroatoms. The van der Waals surface area contributed by atoms with Gasteiger partial charge >= 0.3 is 0 Å². The fourth-order valence-electron chi connectivity index (χ4n) is 1.22. The van der Waals surface area contributed by atoms with E-state index in [0.29, 0.717) is 0 Å². The van der Waals surface area contributed by atoms with Gasteiger partial charge < -0.3 is 5.73 Å². The summed E-state index contributed by atoms with van der Waals surface area (Å²) in [6.07, 6.45) is 1.90. The van der Waals surface area contributed by atoms with E-state index in [1.54, 1.807) is 11.3 Å². The first kappa shape index (κ1) is 12.0. The molecule has 1 heterocycles. The first-order valence-corrected chi connectivity index (χ1v) is 6.33. The SMILES string of the molecule is C=C(CC)CC(N)c1cc(C)c(Br)s1. The van der Waals surface area contributed by atoms with Crippen LogP contribution in [0.2, 0.25) is 0 Å². The summed E-state index contributed by atoms with van der Waals surface area (Å²) in [7, 11) is 0. The van der Waals surface area contributed by atoms with Crippen molar-refractivity contribution >= 4 is 27.3 Å². The van der Waals surface area contributed by atoms with Crippen LogP contribution in [0.5, 0.6) is 0 Å². The fraction of sp³-hybridized carbons (Fsp3) is 0.455. The molecule has 14 heavy (non-hydrogen) atoms. The normalized spacial score (nSPS) is 12.9. The second-order valence-electron chi connectivity index (χ2n) is 3.52. The Balaban J connectivity index is 2.69. The lowest BCUT2D eigenvalue weighted by molar-refractivity contribution is 0.713. The molecule has 1 atom stereocenters. The van der Waals surface area contributed by atoms with Gasteiger partial charge in [-0.3, -0.25) is 0 Å². The molecule has 1 unspecified atom stereocenters. The molecule has 0 saturated heterocycles. The van der Waals surface area contributed by atoms with Crippen molar-refractivity contribution < 1.29 is 0 Å². The van der Waals surface area contributed by atoms with Gasteiger partial charge in [-0.1, -0.05) is 19.1 Å². The van der Waals surface area contributed by atoms with Crippen LogP contribution in [0.4, 0.5) is 0 Å². The van der Waals surface area contributed by atoms with Gasteiger partial charge in [0, 0.05) is 10.9 Å². The van der Waals surface area contributed by atoms with Crippen LogP contribution in [-0.4, -0.2) is 0 Å². The molecule has 1 aromatic heterocycles. The van der Waals surface area contributed by atoms with Crippen LogP contribution < -0.4 is 5.73 Å². The van der Waals surface area contributed by atoms with Crippen LogP contribution in [0.15, 0.2) is 22.0 Å². The highest BCUT2D eigenvalue weighted by atomic mass is 79.9. The Labute approximate surface area is 98.1 Å². The molecule has 0 aliphatic rings. The van der Waals surface area contributed by atoms with E-state index in [1.807, 2.05) is 0 Å². The maximum atomic E-state index is 6.08. The summed E-state index contributed by atoms with van der Waals surface area (Å²) in [4.78, 5) is 1.24. The van der Waals surface area contributed by atoms with Gasteiger partial charge in [0.1, 0.15) is 0 Å². The fourth-order valence-corrected chi connectivity index (χ4v) is 2.79. The van der Waals surface area contributed by atoms with E-state index < -0.39 is 0 Å². The summed E-state index contributed by atoms with van der Waals surface area (Å²) in [5.41, 5.74) is 8.57. The largest absolute Gasteiger partial charge is 0.323 e. The minimum atomic E-state index is 0.109. The summed E-state index contributed by atoms with van der Waals surface area (Å²) in [6, 6.07) is 2.26. The quantitative estimate of drug-likeness (QED) is 0.819. The summed E-state index contributed by atoms with van der Waals surface area (Å²) in [5.74, 6) is 0. The number of aryl methyl sites for hydroxylation is 1. The van der Waals surface area contributed by atoms with Crippen LogP contribution in [0.1, 0.15) is 36.2 Å². The second kappa shape index (κ2) is 5.10. The molecule has 0 aliphatic carbocycles. The molecule has 0 aromatic carbocycles. The molecule has 78 valence electrons. The van der Waals surface area contributed by atoms with Crippen LogP contribution >= 0.6 is 27.3 Å². The Bertz CT molecular complexity index is 311. The topological polar surface area (TPSA) is 26.0 Å². The molecular weight excluding hydrogens is 258 g/mol. The van der Waals surface area contributed by atoms with Gasteiger partial charge in [0.15, 0.2) is 0 Å². The standard InChI is InChI=1S/C11H16BrNS/c1-4-7(2)5-9(13)10-6-8(3)11(12)14-10/h6,9H,2,4-5,13H2,1,3H3. The molecule has 0 fully saturated rings. The number of thiophene rings is 1. The van der Waals surface area contributed by atoms with E-state index in [4.69, 9.17) is 5.73 Å². The van der Waals surface area contributed by atoms with E-state index in [9.17, 15) is 0 Å². The summed E-state index contributed by atoms with van der Waals surface area (Å²) in [5, 5.41) is 0. The first-order valence-electron chi connectivity index (χ1n) is 4.72. The Morgan fingerprint density at radius 1 is 1.71 bits per heavy atom. The lowest BCUT2D eigenvalue weighted by Gasteiger charge is -2.09. The Morgan fingerprint density at radius 3 is 2.79 bits per heavy atom. The smallest absolute Gasteiger partial charge is 0.0731 e. The molecule has 0 spiro atoms. The molecule has 1 rings (SSSR count). The number of halogens is 1. The van der Waals surface area contributed by atoms with Gasteiger partial charge in [-0.05, 0) is 47.3 Å². The van der Waals surface area contributed by atoms with Crippen molar-refractivity contribution in [1.82, 2.24) is 0 Å². The van der Waals surface area contributed by atoms with Gasteiger partial charge in [0.25, 0.3) is 0 Å². The monoisotopic (exact) mass is 273 g/mol. The summed E-state index contributed by atoms with van der Waals surface area (Å²) in [6.45, 7) is 8.19. The third-order valence-corrected chi connectivity index (χ3v) is 4.52. The maximum absolute atomic E-state index is 6.08. The lowest BCUT2D eigenvalue weighted by Crippen LogP contribution is -2.08. The Hall–Kier alpha value is -0.120. The molecule has 0 amide bonds. The number of rotatable bonds is 4. The average molecular weight is 274 g/mol. The molecule has 2 N–H and O–H groups in total. The third kappa shape index (κ3) is 2.94. The van der Waals surface area contributed by atoms with E-state index in [2.05, 4.69) is 42.4 Å². The highest BCUT2D eigenvalue weighted by Gasteiger charge is 2.11. The predicted octanol–water partition coefficient (Wildman–Crippen LogP) is 4.18. The van der Waals surface area contributed by atoms with Crippen molar-refractivity contribution in [2.45, 2.75) is 32.7 Å². The maximum Gasteiger partial charge on any atom is 0.0731 e. The summed E-state index contributed by atoms with van der Waals surface area (Å²) < 4.78 is 1.19. The van der Waals surface area contributed by atoms with Gasteiger partial charge in [-0.2, -0.15) is 0 Å². The molecule has 0 aliphatic heterocycles. The Kier molecular flexibility index (Phi) is 4.35. The van der Waals surface area contributed by atoms with Crippen molar-refractivity contribution in [3.8, 4) is 0 Å². The minimum Gasteiger partial charge on any atom is -0.323 e. The molecule has 1 nitrogen and oxygen atoms in total. The molecule has 0 bridgehead atoms. The van der Waals surface area contributed by atoms with E-state index in [1.165, 1.54) is 19.8 Å². The van der Waals surface area contributed by atoms with Crippen LogP contribution in [0.25, 0.3) is 0 Å². The van der Waals surface area contributed by atoms with E-state index in [-0.39, 0.29) is 6.04 Å². The zero-order chi connectivity index (χ0) is 10.7. The van der Waals surface area contributed by atoms with Crippen molar-refractivity contribution in [3.63, 3.8) is 0 Å². The lowest BCUT2D eigenvalue weighted by atomic mass is 10.1. The van der Waals surface area contributed by atoms with Crippen LogP contribution in [-0.2, 0) is 0 Å². The number of hydrogen-bond acceptors (Lipinski definition) is 2. The summed E-state index contributed by atoms with van der Waals surface area (Å²) >= 11 is 5.23.